The van der Waals surface area contributed by atoms with Crippen molar-refractivity contribution in [2.24, 2.45) is 0 Å². The zero-order chi connectivity index (χ0) is 22.5. The quantitative estimate of drug-likeness (QED) is 0.413. The lowest BCUT2D eigenvalue weighted by Gasteiger charge is -2.34. The molecule has 0 radical (unpaired) electrons. The Hall–Kier alpha value is -3.53. The number of nitrogens with two attached hydrogens (primary N) is 1. The molecular weight excluding hydrogens is 405 g/mol. The molecule has 1 aliphatic rings. The molecule has 2 aromatic carbocycles. The van der Waals surface area contributed by atoms with Crippen molar-refractivity contribution in [2.75, 3.05) is 43.8 Å². The molecule has 1 saturated heterocycles. The van der Waals surface area contributed by atoms with E-state index in [9.17, 15) is 24.1 Å². The van der Waals surface area contributed by atoms with Crippen molar-refractivity contribution in [1.29, 1.82) is 0 Å². The van der Waals surface area contributed by atoms with Gasteiger partial charge < -0.3 is 16.0 Å². The van der Waals surface area contributed by atoms with Gasteiger partial charge in [-0.15, -0.1) is 0 Å². The molecule has 0 bridgehead atoms. The van der Waals surface area contributed by atoms with Gasteiger partial charge >= 0.3 is 0 Å². The van der Waals surface area contributed by atoms with Crippen molar-refractivity contribution in [3.8, 4) is 0 Å². The smallest absolute Gasteiger partial charge is 0.295 e. The molecule has 3 rings (SSSR count). The summed E-state index contributed by atoms with van der Waals surface area (Å²) in [4.78, 5) is 38.7. The molecule has 0 unspecified atom stereocenters. The first-order valence-corrected chi connectivity index (χ1v) is 9.93. The number of para-hydroxylation sites is 1. The Kier molecular flexibility index (Phi) is 6.81. The summed E-state index contributed by atoms with van der Waals surface area (Å²) in [6.07, 6.45) is 0.804. The normalized spacial score (nSPS) is 14.3. The van der Waals surface area contributed by atoms with Gasteiger partial charge in [0, 0.05) is 31.9 Å². The number of benzene rings is 2. The highest BCUT2D eigenvalue weighted by molar-refractivity contribution is 6.01. The predicted octanol–water partition coefficient (Wildman–Crippen LogP) is 2.28. The molecule has 0 spiro atoms. The fourth-order valence-corrected chi connectivity index (χ4v) is 3.55. The van der Waals surface area contributed by atoms with Crippen molar-refractivity contribution in [1.82, 2.24) is 9.80 Å². The summed E-state index contributed by atoms with van der Waals surface area (Å²) in [5.74, 6) is -1.61. The van der Waals surface area contributed by atoms with E-state index in [2.05, 4.69) is 5.32 Å². The summed E-state index contributed by atoms with van der Waals surface area (Å²) in [5, 5.41) is 13.9. The molecule has 2 aromatic rings. The number of halogens is 1. The molecule has 31 heavy (non-hydrogen) atoms. The number of aryl methyl sites for hydroxylation is 1. The van der Waals surface area contributed by atoms with Gasteiger partial charge in [0.05, 0.1) is 23.1 Å². The number of carbonyl (C=O) groups is 2. The van der Waals surface area contributed by atoms with Crippen LogP contribution in [-0.4, -0.2) is 59.3 Å². The number of nitrogens with one attached hydrogen (secondary N) is 1. The summed E-state index contributed by atoms with van der Waals surface area (Å²) in [7, 11) is 0. The number of hydrogen-bond donors (Lipinski definition) is 2. The molecule has 1 fully saturated rings. The monoisotopic (exact) mass is 429 g/mol. The lowest BCUT2D eigenvalue weighted by molar-refractivity contribution is -0.384. The van der Waals surface area contributed by atoms with Gasteiger partial charge in [0.15, 0.2) is 0 Å². The molecule has 164 valence electrons. The molecular formula is C21H24FN5O4. The fraction of sp³-hybridized carbons (Fsp3) is 0.333. The first-order valence-electron chi connectivity index (χ1n) is 9.93. The number of nitro benzene ring substituents is 1. The van der Waals surface area contributed by atoms with Crippen molar-refractivity contribution < 1.29 is 18.9 Å². The number of carbonyl (C=O) groups excluding carboxylic acids is 2. The Morgan fingerprint density at radius 2 is 1.87 bits per heavy atom. The largest absolute Gasteiger partial charge is 0.393 e. The van der Waals surface area contributed by atoms with Crippen molar-refractivity contribution >= 4 is 28.9 Å². The van der Waals surface area contributed by atoms with Crippen molar-refractivity contribution in [3.63, 3.8) is 0 Å². The van der Waals surface area contributed by atoms with Crippen LogP contribution in [0.3, 0.4) is 0 Å². The Morgan fingerprint density at radius 1 is 1.19 bits per heavy atom. The molecule has 0 aromatic heterocycles. The zero-order valence-electron chi connectivity index (χ0n) is 17.1. The van der Waals surface area contributed by atoms with Crippen LogP contribution in [0.1, 0.15) is 22.8 Å². The minimum atomic E-state index is -0.896. The van der Waals surface area contributed by atoms with Gasteiger partial charge in [0.25, 0.3) is 11.6 Å². The lowest BCUT2D eigenvalue weighted by Crippen LogP contribution is -2.50. The van der Waals surface area contributed by atoms with Crippen LogP contribution in [-0.2, 0) is 11.2 Å². The Morgan fingerprint density at radius 3 is 2.52 bits per heavy atom. The second kappa shape index (κ2) is 9.52. The van der Waals surface area contributed by atoms with E-state index in [4.69, 9.17) is 5.73 Å². The van der Waals surface area contributed by atoms with Gasteiger partial charge in [-0.05, 0) is 24.1 Å². The van der Waals surface area contributed by atoms with Crippen molar-refractivity contribution in [3.05, 3.63) is 63.5 Å². The highest BCUT2D eigenvalue weighted by Crippen LogP contribution is 2.28. The second-order valence-electron chi connectivity index (χ2n) is 7.27. The first-order chi connectivity index (χ1) is 14.8. The van der Waals surface area contributed by atoms with E-state index < -0.39 is 22.3 Å². The Bertz CT molecular complexity index is 1010. The van der Waals surface area contributed by atoms with E-state index in [0.717, 1.165) is 23.7 Å². The van der Waals surface area contributed by atoms with Gasteiger partial charge in [-0.1, -0.05) is 25.1 Å². The number of nitrogens with zero attached hydrogens (tertiary/aromatic N) is 3. The number of hydrogen-bond acceptors (Lipinski definition) is 6. The highest BCUT2D eigenvalue weighted by Gasteiger charge is 2.28. The summed E-state index contributed by atoms with van der Waals surface area (Å²) >= 11 is 0. The first kappa shape index (κ1) is 22.2. The number of anilines is 2. The van der Waals surface area contributed by atoms with Crippen LogP contribution in [0.5, 0.6) is 0 Å². The van der Waals surface area contributed by atoms with Crippen LogP contribution in [0.4, 0.5) is 21.5 Å². The van der Waals surface area contributed by atoms with E-state index in [0.29, 0.717) is 32.2 Å². The van der Waals surface area contributed by atoms with E-state index >= 15 is 0 Å². The molecule has 0 aliphatic carbocycles. The molecule has 10 heteroatoms. The van der Waals surface area contributed by atoms with Crippen LogP contribution >= 0.6 is 0 Å². The summed E-state index contributed by atoms with van der Waals surface area (Å²) in [5.41, 5.74) is 6.35. The number of rotatable bonds is 6. The standard InChI is InChI=1S/C21H24FN5O4/c1-2-14-5-3-4-6-17(14)24-19(28)13-25-7-9-26(10-8-25)21(29)16-11-15(22)12-18(20(16)23)27(30)31/h3-6,11-12H,2,7-10,13,23H2,1H3,(H,24,28). The maximum atomic E-state index is 13.8. The molecule has 1 aliphatic heterocycles. The van der Waals surface area contributed by atoms with Crippen LogP contribution < -0.4 is 11.1 Å². The minimum absolute atomic E-state index is 0.148. The zero-order valence-corrected chi connectivity index (χ0v) is 17.1. The van der Waals surface area contributed by atoms with Crippen LogP contribution in [0.15, 0.2) is 36.4 Å². The van der Waals surface area contributed by atoms with Crippen LogP contribution in [0.2, 0.25) is 0 Å². The third-order valence-electron chi connectivity index (χ3n) is 5.25. The van der Waals surface area contributed by atoms with E-state index in [-0.39, 0.29) is 23.7 Å². The molecule has 1 heterocycles. The SMILES string of the molecule is CCc1ccccc1NC(=O)CN1CCN(C(=O)c2cc(F)cc([N+](=O)[O-])c2N)CC1. The average Bonchev–Trinajstić information content (AvgIpc) is 2.75. The van der Waals surface area contributed by atoms with E-state index in [1.54, 1.807) is 0 Å². The van der Waals surface area contributed by atoms with Crippen LogP contribution in [0.25, 0.3) is 0 Å². The highest BCUT2D eigenvalue weighted by atomic mass is 19.1. The summed E-state index contributed by atoms with van der Waals surface area (Å²) in [6, 6.07) is 9.21. The van der Waals surface area contributed by atoms with Gasteiger partial charge in [-0.3, -0.25) is 24.6 Å². The van der Waals surface area contributed by atoms with Gasteiger partial charge in [0.2, 0.25) is 5.91 Å². The van der Waals surface area contributed by atoms with Crippen LogP contribution in [0, 0.1) is 15.9 Å². The number of piperazine rings is 1. The average molecular weight is 429 g/mol. The number of nitrogen functional groups attached to an aromatic ring is 1. The molecule has 0 atom stereocenters. The molecule has 0 saturated carbocycles. The Labute approximate surface area is 178 Å². The third kappa shape index (κ3) is 5.15. The van der Waals surface area contributed by atoms with E-state index in [1.807, 2.05) is 36.1 Å². The van der Waals surface area contributed by atoms with Gasteiger partial charge in [0.1, 0.15) is 11.5 Å². The number of nitro groups is 1. The molecule has 9 nitrogen and oxygen atoms in total. The fourth-order valence-electron chi connectivity index (χ4n) is 3.55. The lowest BCUT2D eigenvalue weighted by atomic mass is 10.1. The van der Waals surface area contributed by atoms with Gasteiger partial charge in [-0.25, -0.2) is 4.39 Å². The molecule has 3 N–H and O–H groups in total. The predicted molar refractivity (Wildman–Crippen MR) is 114 cm³/mol. The van der Waals surface area contributed by atoms with Crippen molar-refractivity contribution in [2.45, 2.75) is 13.3 Å². The maximum absolute atomic E-state index is 13.8. The number of amides is 2. The van der Waals surface area contributed by atoms with E-state index in [1.165, 1.54) is 4.90 Å². The molecule has 2 amide bonds. The van der Waals surface area contributed by atoms with Gasteiger partial charge in [-0.2, -0.15) is 0 Å². The minimum Gasteiger partial charge on any atom is -0.393 e. The summed E-state index contributed by atoms with van der Waals surface area (Å²) in [6.45, 7) is 3.65. The maximum Gasteiger partial charge on any atom is 0.295 e. The third-order valence-corrected chi connectivity index (χ3v) is 5.25. The topological polar surface area (TPSA) is 122 Å². The summed E-state index contributed by atoms with van der Waals surface area (Å²) < 4.78 is 13.8. The Balaban J connectivity index is 1.59. The second-order valence-corrected chi connectivity index (χ2v) is 7.27.